The fourth-order valence-electron chi connectivity index (χ4n) is 1.58. The average Bonchev–Trinajstić information content (AvgIpc) is 2.68. The fraction of sp³-hybridized carbons (Fsp3) is 0.231. The van der Waals surface area contributed by atoms with Crippen LogP contribution in [-0.4, -0.2) is 5.11 Å². The molecule has 0 bridgehead atoms. The number of thiophene rings is 1. The second-order valence-electron chi connectivity index (χ2n) is 3.84. The van der Waals surface area contributed by atoms with Crippen LogP contribution in [0.5, 0.6) is 0 Å². The maximum absolute atomic E-state index is 10.1. The van der Waals surface area contributed by atoms with E-state index in [9.17, 15) is 5.11 Å². The summed E-state index contributed by atoms with van der Waals surface area (Å²) in [5, 5.41) is 12.1. The van der Waals surface area contributed by atoms with Gasteiger partial charge in [-0.15, -0.1) is 11.3 Å². The van der Waals surface area contributed by atoms with Crippen molar-refractivity contribution in [3.8, 4) is 0 Å². The minimum absolute atomic E-state index is 0.419. The Kier molecular flexibility index (Phi) is 3.79. The molecule has 1 nitrogen and oxygen atoms in total. The molecule has 16 heavy (non-hydrogen) atoms. The van der Waals surface area contributed by atoms with Crippen LogP contribution in [0.25, 0.3) is 0 Å². The Hall–Kier alpha value is -0.640. The van der Waals surface area contributed by atoms with Gasteiger partial charge >= 0.3 is 0 Å². The first-order chi connectivity index (χ1) is 7.66. The highest BCUT2D eigenvalue weighted by Gasteiger charge is 2.13. The van der Waals surface area contributed by atoms with Crippen LogP contribution >= 0.6 is 27.3 Å². The summed E-state index contributed by atoms with van der Waals surface area (Å²) in [5.74, 6) is 0. The summed E-state index contributed by atoms with van der Waals surface area (Å²) in [6.07, 6.45) is 0.247. The lowest BCUT2D eigenvalue weighted by molar-refractivity contribution is 0.181. The van der Waals surface area contributed by atoms with Gasteiger partial charge in [0.15, 0.2) is 0 Å². The second kappa shape index (κ2) is 5.13. The standard InChI is InChI=1S/C13H13BrOS/c1-9-2-4-10(5-3-9)8-12(15)13-11(14)6-7-16-13/h2-7,12,15H,8H2,1H3. The van der Waals surface area contributed by atoms with E-state index in [-0.39, 0.29) is 0 Å². The van der Waals surface area contributed by atoms with Crippen LogP contribution in [0.4, 0.5) is 0 Å². The van der Waals surface area contributed by atoms with Crippen molar-refractivity contribution in [2.75, 3.05) is 0 Å². The van der Waals surface area contributed by atoms with Crippen molar-refractivity contribution in [3.63, 3.8) is 0 Å². The first-order valence-electron chi connectivity index (χ1n) is 5.13. The summed E-state index contributed by atoms with van der Waals surface area (Å²) in [6, 6.07) is 10.3. The molecule has 0 fully saturated rings. The van der Waals surface area contributed by atoms with Gasteiger partial charge in [0.1, 0.15) is 0 Å². The number of halogens is 1. The molecule has 1 aromatic heterocycles. The van der Waals surface area contributed by atoms with Crippen molar-refractivity contribution >= 4 is 27.3 Å². The molecule has 0 aliphatic carbocycles. The minimum atomic E-state index is -0.419. The lowest BCUT2D eigenvalue weighted by atomic mass is 10.1. The predicted octanol–water partition coefficient (Wildman–Crippen LogP) is 4.10. The Labute approximate surface area is 108 Å². The summed E-state index contributed by atoms with van der Waals surface area (Å²) < 4.78 is 0.997. The number of hydrogen-bond acceptors (Lipinski definition) is 2. The van der Waals surface area contributed by atoms with Gasteiger partial charge in [0.05, 0.1) is 6.10 Å². The number of benzene rings is 1. The molecule has 2 aromatic rings. The van der Waals surface area contributed by atoms with Gasteiger partial charge in [-0.1, -0.05) is 29.8 Å². The van der Waals surface area contributed by atoms with Crippen molar-refractivity contribution in [2.45, 2.75) is 19.4 Å². The van der Waals surface area contributed by atoms with E-state index in [1.165, 1.54) is 11.1 Å². The third-order valence-corrected chi connectivity index (χ3v) is 4.47. The first-order valence-corrected chi connectivity index (χ1v) is 6.80. The van der Waals surface area contributed by atoms with Crippen molar-refractivity contribution in [1.82, 2.24) is 0 Å². The molecule has 0 aliphatic rings. The molecule has 3 heteroatoms. The molecule has 0 amide bonds. The zero-order valence-electron chi connectivity index (χ0n) is 8.98. The minimum Gasteiger partial charge on any atom is -0.387 e. The van der Waals surface area contributed by atoms with E-state index in [1.54, 1.807) is 11.3 Å². The highest BCUT2D eigenvalue weighted by atomic mass is 79.9. The molecule has 0 aliphatic heterocycles. The van der Waals surface area contributed by atoms with Gasteiger partial charge < -0.3 is 5.11 Å². The Bertz CT molecular complexity index is 461. The van der Waals surface area contributed by atoms with E-state index < -0.39 is 6.10 Å². The van der Waals surface area contributed by atoms with Crippen LogP contribution in [0.1, 0.15) is 22.1 Å². The van der Waals surface area contributed by atoms with Crippen molar-refractivity contribution in [3.05, 3.63) is 56.2 Å². The molecular weight excluding hydrogens is 284 g/mol. The Morgan fingerprint density at radius 3 is 2.50 bits per heavy atom. The number of aryl methyl sites for hydroxylation is 1. The molecule has 1 heterocycles. The number of aliphatic hydroxyl groups excluding tert-OH is 1. The van der Waals surface area contributed by atoms with E-state index >= 15 is 0 Å². The number of rotatable bonds is 3. The lowest BCUT2D eigenvalue weighted by Crippen LogP contribution is -2.00. The molecule has 2 rings (SSSR count). The molecule has 84 valence electrons. The molecule has 1 N–H and O–H groups in total. The van der Waals surface area contributed by atoms with Crippen LogP contribution in [-0.2, 0) is 6.42 Å². The SMILES string of the molecule is Cc1ccc(CC(O)c2sccc2Br)cc1. The highest BCUT2D eigenvalue weighted by Crippen LogP contribution is 2.30. The molecule has 0 spiro atoms. The van der Waals surface area contributed by atoms with Gasteiger partial charge in [-0.2, -0.15) is 0 Å². The van der Waals surface area contributed by atoms with Gasteiger partial charge in [0, 0.05) is 15.8 Å². The van der Waals surface area contributed by atoms with Gasteiger partial charge in [-0.25, -0.2) is 0 Å². The van der Waals surface area contributed by atoms with E-state index in [0.717, 1.165) is 9.35 Å². The van der Waals surface area contributed by atoms with E-state index in [1.807, 2.05) is 11.4 Å². The maximum Gasteiger partial charge on any atom is 0.0933 e. The average molecular weight is 297 g/mol. The predicted molar refractivity (Wildman–Crippen MR) is 71.9 cm³/mol. The molecule has 1 aromatic carbocycles. The summed E-state index contributed by atoms with van der Waals surface area (Å²) in [7, 11) is 0. The van der Waals surface area contributed by atoms with Gasteiger partial charge in [-0.05, 0) is 39.9 Å². The van der Waals surface area contributed by atoms with Crippen molar-refractivity contribution in [2.24, 2.45) is 0 Å². The largest absolute Gasteiger partial charge is 0.387 e. The van der Waals surface area contributed by atoms with Gasteiger partial charge in [0.2, 0.25) is 0 Å². The Balaban J connectivity index is 2.10. The molecular formula is C13H13BrOS. The summed E-state index contributed by atoms with van der Waals surface area (Å²) in [5.41, 5.74) is 2.41. The van der Waals surface area contributed by atoms with Crippen LogP contribution < -0.4 is 0 Å². The quantitative estimate of drug-likeness (QED) is 0.904. The van der Waals surface area contributed by atoms with Gasteiger partial charge in [-0.3, -0.25) is 0 Å². The normalized spacial score (nSPS) is 12.7. The summed E-state index contributed by atoms with van der Waals surface area (Å²) >= 11 is 5.03. The molecule has 1 atom stereocenters. The van der Waals surface area contributed by atoms with Crippen LogP contribution in [0.3, 0.4) is 0 Å². The Morgan fingerprint density at radius 1 is 1.25 bits per heavy atom. The van der Waals surface area contributed by atoms with Crippen LogP contribution in [0.2, 0.25) is 0 Å². The maximum atomic E-state index is 10.1. The van der Waals surface area contributed by atoms with Crippen LogP contribution in [0.15, 0.2) is 40.2 Å². The molecule has 0 radical (unpaired) electrons. The van der Waals surface area contributed by atoms with Crippen LogP contribution in [0, 0.1) is 6.92 Å². The van der Waals surface area contributed by atoms with Crippen molar-refractivity contribution in [1.29, 1.82) is 0 Å². The Morgan fingerprint density at radius 2 is 1.94 bits per heavy atom. The molecule has 0 saturated heterocycles. The third-order valence-electron chi connectivity index (χ3n) is 2.50. The summed E-state index contributed by atoms with van der Waals surface area (Å²) in [4.78, 5) is 1.00. The first kappa shape index (κ1) is 11.8. The second-order valence-corrected chi connectivity index (χ2v) is 5.64. The van der Waals surface area contributed by atoms with E-state index in [4.69, 9.17) is 0 Å². The van der Waals surface area contributed by atoms with E-state index in [0.29, 0.717) is 6.42 Å². The fourth-order valence-corrected chi connectivity index (χ4v) is 3.21. The van der Waals surface area contributed by atoms with E-state index in [2.05, 4.69) is 47.1 Å². The smallest absolute Gasteiger partial charge is 0.0933 e. The zero-order chi connectivity index (χ0) is 11.5. The van der Waals surface area contributed by atoms with Crippen molar-refractivity contribution < 1.29 is 5.11 Å². The highest BCUT2D eigenvalue weighted by molar-refractivity contribution is 9.10. The monoisotopic (exact) mass is 296 g/mol. The zero-order valence-corrected chi connectivity index (χ0v) is 11.4. The molecule has 0 saturated carbocycles. The number of aliphatic hydroxyl groups is 1. The topological polar surface area (TPSA) is 20.2 Å². The summed E-state index contributed by atoms with van der Waals surface area (Å²) in [6.45, 7) is 2.07. The number of hydrogen-bond donors (Lipinski definition) is 1. The molecule has 1 unspecified atom stereocenters. The third kappa shape index (κ3) is 2.73. The lowest BCUT2D eigenvalue weighted by Gasteiger charge is -2.09. The van der Waals surface area contributed by atoms with Gasteiger partial charge in [0.25, 0.3) is 0 Å².